The Morgan fingerprint density at radius 2 is 1.57 bits per heavy atom. The van der Waals surface area contributed by atoms with Crippen molar-refractivity contribution in [1.82, 2.24) is 10.6 Å². The van der Waals surface area contributed by atoms with Gasteiger partial charge < -0.3 is 21.5 Å². The zero-order valence-corrected chi connectivity index (χ0v) is 12.5. The molecule has 0 aromatic carbocycles. The number of nitrogens with one attached hydrogen (secondary N) is 2. The molecule has 21 heavy (non-hydrogen) atoms. The molecule has 0 fully saturated rings. The second-order valence-corrected chi connectivity index (χ2v) is 5.32. The maximum absolute atomic E-state index is 11.3. The molecule has 5 N–H and O–H groups in total. The molecule has 8 nitrogen and oxygen atoms in total. The molecule has 0 aliphatic carbocycles. The largest absolute Gasteiger partial charge is 0.481 e. The van der Waals surface area contributed by atoms with Gasteiger partial charge in [-0.15, -0.1) is 0 Å². The Labute approximate surface area is 127 Å². The number of amides is 3. The van der Waals surface area contributed by atoms with Crippen molar-refractivity contribution in [2.24, 2.45) is 5.73 Å². The topological polar surface area (TPSA) is 139 Å². The highest BCUT2D eigenvalue weighted by molar-refractivity contribution is 7.99. The highest BCUT2D eigenvalue weighted by atomic mass is 32.2. The van der Waals surface area contributed by atoms with Crippen molar-refractivity contribution in [3.63, 3.8) is 0 Å². The summed E-state index contributed by atoms with van der Waals surface area (Å²) >= 11 is 1.26. The molecule has 0 unspecified atom stereocenters. The van der Waals surface area contributed by atoms with Gasteiger partial charge in [0.1, 0.15) is 0 Å². The van der Waals surface area contributed by atoms with Crippen LogP contribution < -0.4 is 16.4 Å². The van der Waals surface area contributed by atoms with Gasteiger partial charge in [0.05, 0.1) is 12.2 Å². The summed E-state index contributed by atoms with van der Waals surface area (Å²) in [5, 5.41) is 13.7. The van der Waals surface area contributed by atoms with E-state index in [-0.39, 0.29) is 36.8 Å². The monoisotopic (exact) mass is 319 g/mol. The molecule has 0 aliphatic heterocycles. The molecule has 3 amide bonds. The van der Waals surface area contributed by atoms with Crippen LogP contribution in [-0.4, -0.2) is 53.4 Å². The SMILES string of the molecule is NC(=O)CCC(=O)NCCCNC(=O)CSCCC(=O)O. The first-order valence-corrected chi connectivity index (χ1v) is 7.68. The van der Waals surface area contributed by atoms with Crippen LogP contribution in [0, 0.1) is 0 Å². The number of primary amides is 1. The molecule has 0 spiro atoms. The van der Waals surface area contributed by atoms with Crippen LogP contribution >= 0.6 is 11.8 Å². The molecule has 0 aliphatic rings. The van der Waals surface area contributed by atoms with Gasteiger partial charge in [-0.3, -0.25) is 19.2 Å². The lowest BCUT2D eigenvalue weighted by Gasteiger charge is -2.06. The molecule has 0 radical (unpaired) electrons. The van der Waals surface area contributed by atoms with Crippen LogP contribution in [0.15, 0.2) is 0 Å². The van der Waals surface area contributed by atoms with Gasteiger partial charge in [0, 0.05) is 31.7 Å². The molecule has 0 heterocycles. The summed E-state index contributed by atoms with van der Waals surface area (Å²) in [4.78, 5) is 43.3. The summed E-state index contributed by atoms with van der Waals surface area (Å²) in [7, 11) is 0. The molecule has 120 valence electrons. The fourth-order valence-electron chi connectivity index (χ4n) is 1.24. The summed E-state index contributed by atoms with van der Waals surface area (Å²) in [6, 6.07) is 0. The summed E-state index contributed by atoms with van der Waals surface area (Å²) in [6.07, 6.45) is 0.709. The molecular weight excluding hydrogens is 298 g/mol. The van der Waals surface area contributed by atoms with Gasteiger partial charge in [-0.05, 0) is 6.42 Å². The number of aliphatic carboxylic acids is 1. The van der Waals surface area contributed by atoms with Crippen LogP contribution in [0.4, 0.5) is 0 Å². The molecule has 0 aromatic heterocycles. The third-order valence-electron chi connectivity index (χ3n) is 2.29. The van der Waals surface area contributed by atoms with Gasteiger partial charge in [0.25, 0.3) is 0 Å². The highest BCUT2D eigenvalue weighted by Crippen LogP contribution is 2.01. The predicted molar refractivity (Wildman–Crippen MR) is 78.6 cm³/mol. The lowest BCUT2D eigenvalue weighted by atomic mass is 10.3. The van der Waals surface area contributed by atoms with E-state index in [1.54, 1.807) is 0 Å². The van der Waals surface area contributed by atoms with Crippen LogP contribution in [0.3, 0.4) is 0 Å². The highest BCUT2D eigenvalue weighted by Gasteiger charge is 2.04. The van der Waals surface area contributed by atoms with E-state index in [0.29, 0.717) is 25.3 Å². The standard InChI is InChI=1S/C12H21N3O5S/c13-9(16)2-3-10(17)14-5-1-6-15-11(18)8-21-7-4-12(19)20/h1-8H2,(H2,13,16)(H,14,17)(H,15,18)(H,19,20). The quantitative estimate of drug-likeness (QED) is 0.343. The van der Waals surface area contributed by atoms with Crippen molar-refractivity contribution in [3.05, 3.63) is 0 Å². The van der Waals surface area contributed by atoms with Crippen LogP contribution in [0.5, 0.6) is 0 Å². The molecule has 0 rings (SSSR count). The van der Waals surface area contributed by atoms with E-state index in [4.69, 9.17) is 10.8 Å². The van der Waals surface area contributed by atoms with Crippen LogP contribution in [0.1, 0.15) is 25.7 Å². The van der Waals surface area contributed by atoms with Crippen LogP contribution in [0.2, 0.25) is 0 Å². The Hall–Kier alpha value is -1.77. The zero-order valence-electron chi connectivity index (χ0n) is 11.7. The number of carboxylic acids is 1. The molecule has 0 saturated heterocycles. The average molecular weight is 319 g/mol. The van der Waals surface area contributed by atoms with Crippen molar-refractivity contribution in [2.45, 2.75) is 25.7 Å². The van der Waals surface area contributed by atoms with E-state index in [9.17, 15) is 19.2 Å². The fraction of sp³-hybridized carbons (Fsp3) is 0.667. The van der Waals surface area contributed by atoms with E-state index in [1.165, 1.54) is 11.8 Å². The van der Waals surface area contributed by atoms with E-state index in [2.05, 4.69) is 10.6 Å². The van der Waals surface area contributed by atoms with Gasteiger partial charge in [-0.1, -0.05) is 0 Å². The second-order valence-electron chi connectivity index (χ2n) is 4.22. The molecule has 0 atom stereocenters. The molecule has 0 aromatic rings. The number of carboxylic acid groups (broad SMARTS) is 1. The minimum Gasteiger partial charge on any atom is -0.481 e. The number of hydrogen-bond donors (Lipinski definition) is 4. The van der Waals surface area contributed by atoms with Gasteiger partial charge in [0.15, 0.2) is 0 Å². The van der Waals surface area contributed by atoms with Crippen LogP contribution in [0.25, 0.3) is 0 Å². The Balaban J connectivity index is 3.41. The number of nitrogens with two attached hydrogens (primary N) is 1. The summed E-state index contributed by atoms with van der Waals surface area (Å²) < 4.78 is 0. The van der Waals surface area contributed by atoms with Gasteiger partial charge in [-0.2, -0.15) is 11.8 Å². The third-order valence-corrected chi connectivity index (χ3v) is 3.25. The molecule has 9 heteroatoms. The Morgan fingerprint density at radius 1 is 0.952 bits per heavy atom. The van der Waals surface area contributed by atoms with Crippen molar-refractivity contribution < 1.29 is 24.3 Å². The molecular formula is C12H21N3O5S. The van der Waals surface area contributed by atoms with Crippen molar-refractivity contribution >= 4 is 35.5 Å². The van der Waals surface area contributed by atoms with Gasteiger partial charge in [-0.25, -0.2) is 0 Å². The minimum absolute atomic E-state index is 0.0239. The van der Waals surface area contributed by atoms with E-state index >= 15 is 0 Å². The van der Waals surface area contributed by atoms with Gasteiger partial charge >= 0.3 is 5.97 Å². The molecule has 0 saturated carbocycles. The first-order valence-electron chi connectivity index (χ1n) is 6.53. The second kappa shape index (κ2) is 12.0. The predicted octanol–water partition coefficient (Wildman–Crippen LogP) is -0.918. The zero-order chi connectivity index (χ0) is 16.1. The van der Waals surface area contributed by atoms with E-state index in [0.717, 1.165) is 0 Å². The Morgan fingerprint density at radius 3 is 2.14 bits per heavy atom. The Kier molecular flexibility index (Phi) is 11.0. The van der Waals surface area contributed by atoms with E-state index < -0.39 is 11.9 Å². The normalized spacial score (nSPS) is 9.90. The summed E-state index contributed by atoms with van der Waals surface area (Å²) in [5.74, 6) is -1.18. The smallest absolute Gasteiger partial charge is 0.304 e. The van der Waals surface area contributed by atoms with E-state index in [1.807, 2.05) is 0 Å². The number of carbonyl (C=O) groups excluding carboxylic acids is 3. The fourth-order valence-corrected chi connectivity index (χ4v) is 2.00. The first kappa shape index (κ1) is 19.2. The lowest BCUT2D eigenvalue weighted by molar-refractivity contribution is -0.136. The number of hydrogen-bond acceptors (Lipinski definition) is 5. The lowest BCUT2D eigenvalue weighted by Crippen LogP contribution is -2.31. The Bertz CT molecular complexity index is 376. The average Bonchev–Trinajstić information content (AvgIpc) is 2.40. The van der Waals surface area contributed by atoms with Gasteiger partial charge in [0.2, 0.25) is 17.7 Å². The van der Waals surface area contributed by atoms with Crippen molar-refractivity contribution in [3.8, 4) is 0 Å². The number of rotatable bonds is 12. The van der Waals surface area contributed by atoms with Crippen LogP contribution in [-0.2, 0) is 19.2 Å². The van der Waals surface area contributed by atoms with Crippen molar-refractivity contribution in [2.75, 3.05) is 24.6 Å². The van der Waals surface area contributed by atoms with Crippen molar-refractivity contribution in [1.29, 1.82) is 0 Å². The maximum atomic E-state index is 11.3. The maximum Gasteiger partial charge on any atom is 0.304 e. The minimum atomic E-state index is -0.880. The third kappa shape index (κ3) is 14.4. The molecule has 0 bridgehead atoms. The first-order chi connectivity index (χ1) is 9.91. The summed E-state index contributed by atoms with van der Waals surface area (Å²) in [5.41, 5.74) is 4.92. The number of carbonyl (C=O) groups is 4. The summed E-state index contributed by atoms with van der Waals surface area (Å²) in [6.45, 7) is 0.832. The number of thioether (sulfide) groups is 1.